The van der Waals surface area contributed by atoms with Gasteiger partial charge in [-0.05, 0) is 43.3 Å². The predicted molar refractivity (Wildman–Crippen MR) is 101 cm³/mol. The molecule has 0 unspecified atom stereocenters. The van der Waals surface area contributed by atoms with Crippen molar-refractivity contribution < 1.29 is 27.5 Å². The zero-order chi connectivity index (χ0) is 20.7. The number of likely N-dealkylation sites (N-methyl/N-ethyl adjacent to an activating group) is 1. The summed E-state index contributed by atoms with van der Waals surface area (Å²) >= 11 is 1.39. The summed E-state index contributed by atoms with van der Waals surface area (Å²) in [5.41, 5.74) is 0.298. The highest BCUT2D eigenvalue weighted by Crippen LogP contribution is 2.25. The summed E-state index contributed by atoms with van der Waals surface area (Å²) in [7, 11) is 1.52. The van der Waals surface area contributed by atoms with Crippen molar-refractivity contribution >= 4 is 29.3 Å². The Morgan fingerprint density at radius 1 is 1.11 bits per heavy atom. The number of amides is 2. The molecule has 5 nitrogen and oxygen atoms in total. The van der Waals surface area contributed by atoms with Gasteiger partial charge < -0.3 is 15.0 Å². The molecule has 1 atom stereocenters. The minimum atomic E-state index is -4.78. The van der Waals surface area contributed by atoms with Gasteiger partial charge in [0.2, 0.25) is 11.8 Å². The van der Waals surface area contributed by atoms with Crippen LogP contribution in [0.1, 0.15) is 6.92 Å². The van der Waals surface area contributed by atoms with Crippen molar-refractivity contribution in [3.63, 3.8) is 0 Å². The first-order valence-corrected chi connectivity index (χ1v) is 9.14. The third-order valence-corrected chi connectivity index (χ3v) is 4.63. The number of anilines is 1. The standard InChI is InChI=1S/C19H19F3N2O3S/c1-13(28-16-6-4-3-5-7-16)18(26)24(2)12-17(25)23-14-8-10-15(11-9-14)27-19(20,21)22/h3-11,13H,12H2,1-2H3,(H,23,25)/t13-/m1/s1. The summed E-state index contributed by atoms with van der Waals surface area (Å²) in [4.78, 5) is 26.8. The summed E-state index contributed by atoms with van der Waals surface area (Å²) in [5.74, 6) is -1.06. The molecular formula is C19H19F3N2O3S. The lowest BCUT2D eigenvalue weighted by Crippen LogP contribution is -2.38. The van der Waals surface area contributed by atoms with Gasteiger partial charge in [0, 0.05) is 17.6 Å². The Balaban J connectivity index is 1.85. The second kappa shape index (κ2) is 9.50. The molecule has 28 heavy (non-hydrogen) atoms. The normalized spacial score (nSPS) is 12.2. The van der Waals surface area contributed by atoms with Crippen molar-refractivity contribution in [2.45, 2.75) is 23.4 Å². The highest BCUT2D eigenvalue weighted by molar-refractivity contribution is 8.00. The van der Waals surface area contributed by atoms with Gasteiger partial charge in [0.1, 0.15) is 5.75 Å². The van der Waals surface area contributed by atoms with Crippen molar-refractivity contribution in [1.29, 1.82) is 0 Å². The average molecular weight is 412 g/mol. The van der Waals surface area contributed by atoms with Gasteiger partial charge in [-0.2, -0.15) is 0 Å². The van der Waals surface area contributed by atoms with Gasteiger partial charge in [0.05, 0.1) is 11.8 Å². The fourth-order valence-corrected chi connectivity index (χ4v) is 3.30. The molecule has 9 heteroatoms. The second-order valence-corrected chi connectivity index (χ2v) is 7.30. The summed E-state index contributed by atoms with van der Waals surface area (Å²) < 4.78 is 40.2. The van der Waals surface area contributed by atoms with E-state index >= 15 is 0 Å². The van der Waals surface area contributed by atoms with Gasteiger partial charge in [-0.1, -0.05) is 18.2 Å². The van der Waals surface area contributed by atoms with Gasteiger partial charge in [-0.3, -0.25) is 9.59 Å². The van der Waals surface area contributed by atoms with E-state index in [1.807, 2.05) is 30.3 Å². The molecule has 2 aromatic rings. The van der Waals surface area contributed by atoms with Crippen LogP contribution in [0.3, 0.4) is 0 Å². The molecule has 0 aliphatic heterocycles. The number of carbonyl (C=O) groups is 2. The molecule has 0 saturated carbocycles. The van der Waals surface area contributed by atoms with Crippen LogP contribution < -0.4 is 10.1 Å². The van der Waals surface area contributed by atoms with Crippen molar-refractivity contribution in [3.8, 4) is 5.75 Å². The van der Waals surface area contributed by atoms with Crippen LogP contribution in [0, 0.1) is 0 Å². The highest BCUT2D eigenvalue weighted by atomic mass is 32.2. The summed E-state index contributed by atoms with van der Waals surface area (Å²) in [6.07, 6.45) is -4.78. The van der Waals surface area contributed by atoms with Crippen LogP contribution >= 0.6 is 11.8 Å². The maximum Gasteiger partial charge on any atom is 0.573 e. The lowest BCUT2D eigenvalue weighted by Gasteiger charge is -2.20. The molecule has 1 N–H and O–H groups in total. The molecule has 0 saturated heterocycles. The number of alkyl halides is 3. The van der Waals surface area contributed by atoms with Crippen molar-refractivity contribution in [2.75, 3.05) is 18.9 Å². The van der Waals surface area contributed by atoms with E-state index < -0.39 is 12.3 Å². The smallest absolute Gasteiger partial charge is 0.406 e. The fourth-order valence-electron chi connectivity index (χ4n) is 2.30. The van der Waals surface area contributed by atoms with Crippen LogP contribution in [0.25, 0.3) is 0 Å². The van der Waals surface area contributed by atoms with Crippen molar-refractivity contribution in [3.05, 3.63) is 54.6 Å². The summed E-state index contributed by atoms with van der Waals surface area (Å²) in [6, 6.07) is 14.2. The molecule has 0 aliphatic rings. The Labute approximate surface area is 164 Å². The maximum absolute atomic E-state index is 12.4. The predicted octanol–water partition coefficient (Wildman–Crippen LogP) is 4.16. The Hall–Kier alpha value is -2.68. The highest BCUT2D eigenvalue weighted by Gasteiger charge is 2.31. The van der Waals surface area contributed by atoms with Crippen LogP contribution in [0.4, 0.5) is 18.9 Å². The van der Waals surface area contributed by atoms with Crippen LogP contribution in [0.15, 0.2) is 59.5 Å². The lowest BCUT2D eigenvalue weighted by molar-refractivity contribution is -0.274. The van der Waals surface area contributed by atoms with Crippen LogP contribution in [-0.2, 0) is 9.59 Å². The van der Waals surface area contributed by atoms with Crippen molar-refractivity contribution in [2.24, 2.45) is 0 Å². The number of nitrogens with zero attached hydrogens (tertiary/aromatic N) is 1. The number of nitrogens with one attached hydrogen (secondary N) is 1. The Bertz CT molecular complexity index is 798. The zero-order valence-corrected chi connectivity index (χ0v) is 16.0. The number of hydrogen-bond donors (Lipinski definition) is 1. The largest absolute Gasteiger partial charge is 0.573 e. The second-order valence-electron chi connectivity index (χ2n) is 5.89. The van der Waals surface area contributed by atoms with E-state index in [1.165, 1.54) is 35.8 Å². The molecule has 2 amide bonds. The number of hydrogen-bond acceptors (Lipinski definition) is 4. The number of thioether (sulfide) groups is 1. The molecule has 0 heterocycles. The molecular weight excluding hydrogens is 393 g/mol. The van der Waals surface area contributed by atoms with Gasteiger partial charge >= 0.3 is 6.36 Å². The van der Waals surface area contributed by atoms with E-state index in [2.05, 4.69) is 10.1 Å². The van der Waals surface area contributed by atoms with Gasteiger partial charge in [0.25, 0.3) is 0 Å². The first kappa shape index (κ1) is 21.6. The monoisotopic (exact) mass is 412 g/mol. The fraction of sp³-hybridized carbons (Fsp3) is 0.263. The number of benzene rings is 2. The van der Waals surface area contributed by atoms with Gasteiger partial charge in [0.15, 0.2) is 0 Å². The molecule has 2 aromatic carbocycles. The van der Waals surface area contributed by atoms with Gasteiger partial charge in [-0.15, -0.1) is 24.9 Å². The quantitative estimate of drug-likeness (QED) is 0.694. The molecule has 0 aliphatic carbocycles. The molecule has 0 radical (unpaired) electrons. The molecule has 2 rings (SSSR count). The molecule has 0 spiro atoms. The molecule has 0 aromatic heterocycles. The van der Waals surface area contributed by atoms with Crippen molar-refractivity contribution in [1.82, 2.24) is 4.90 Å². The SMILES string of the molecule is C[C@@H](Sc1ccccc1)C(=O)N(C)CC(=O)Nc1ccc(OC(F)(F)F)cc1. The first-order valence-electron chi connectivity index (χ1n) is 8.26. The van der Waals surface area contributed by atoms with E-state index in [0.29, 0.717) is 5.69 Å². The van der Waals surface area contributed by atoms with Gasteiger partial charge in [-0.25, -0.2) is 0 Å². The van der Waals surface area contributed by atoms with E-state index in [1.54, 1.807) is 6.92 Å². The third-order valence-electron chi connectivity index (χ3n) is 3.53. The van der Waals surface area contributed by atoms with E-state index in [9.17, 15) is 22.8 Å². The topological polar surface area (TPSA) is 58.6 Å². The molecule has 0 bridgehead atoms. The van der Waals surface area contributed by atoms with E-state index in [0.717, 1.165) is 17.0 Å². The maximum atomic E-state index is 12.4. The van der Waals surface area contributed by atoms with Crippen LogP contribution in [-0.4, -0.2) is 41.9 Å². The van der Waals surface area contributed by atoms with E-state index in [-0.39, 0.29) is 23.5 Å². The molecule has 150 valence electrons. The lowest BCUT2D eigenvalue weighted by atomic mass is 10.3. The van der Waals surface area contributed by atoms with Crippen LogP contribution in [0.2, 0.25) is 0 Å². The third kappa shape index (κ3) is 7.15. The summed E-state index contributed by atoms with van der Waals surface area (Å²) in [6.45, 7) is 1.58. The number of rotatable bonds is 7. The minimum Gasteiger partial charge on any atom is -0.406 e. The Kier molecular flexibility index (Phi) is 7.33. The molecule has 0 fully saturated rings. The minimum absolute atomic E-state index is 0.181. The summed E-state index contributed by atoms with van der Waals surface area (Å²) in [5, 5.41) is 2.15. The number of halogens is 3. The first-order chi connectivity index (χ1) is 13.1. The average Bonchev–Trinajstić information content (AvgIpc) is 2.62. The van der Waals surface area contributed by atoms with E-state index in [4.69, 9.17) is 0 Å². The number of carbonyl (C=O) groups excluding carboxylic acids is 2. The number of ether oxygens (including phenoxy) is 1. The Morgan fingerprint density at radius 3 is 2.29 bits per heavy atom. The zero-order valence-electron chi connectivity index (χ0n) is 15.2. The van der Waals surface area contributed by atoms with Crippen LogP contribution in [0.5, 0.6) is 5.75 Å². The Morgan fingerprint density at radius 2 is 1.71 bits per heavy atom.